The monoisotopic (exact) mass is 326 g/mol. The van der Waals surface area contributed by atoms with Crippen molar-refractivity contribution in [1.82, 2.24) is 14.9 Å². The summed E-state index contributed by atoms with van der Waals surface area (Å²) in [4.78, 5) is 0. The van der Waals surface area contributed by atoms with E-state index in [0.717, 1.165) is 15.8 Å². The Labute approximate surface area is 119 Å². The van der Waals surface area contributed by atoms with Crippen molar-refractivity contribution in [2.45, 2.75) is 13.5 Å². The first-order valence-corrected chi connectivity index (χ1v) is 6.61. The van der Waals surface area contributed by atoms with Crippen LogP contribution in [0, 0.1) is 0 Å². The first kappa shape index (κ1) is 13.7. The molecule has 1 heterocycles. The first-order valence-electron chi connectivity index (χ1n) is 5.82. The summed E-state index contributed by atoms with van der Waals surface area (Å²) in [6, 6.07) is 3.87. The van der Waals surface area contributed by atoms with E-state index in [1.165, 1.54) is 0 Å². The molecule has 0 atom stereocenters. The van der Waals surface area contributed by atoms with E-state index >= 15 is 0 Å². The second-order valence-electron chi connectivity index (χ2n) is 3.73. The summed E-state index contributed by atoms with van der Waals surface area (Å²) in [7, 11) is 1.63. The molecule has 2 rings (SSSR count). The summed E-state index contributed by atoms with van der Waals surface area (Å²) in [5.41, 5.74) is 4.14. The largest absolute Gasteiger partial charge is 0.493 e. The number of nitrogens with zero attached hydrogens (tertiary/aromatic N) is 3. The summed E-state index contributed by atoms with van der Waals surface area (Å²) in [6.45, 7) is 3.10. The predicted molar refractivity (Wildman–Crippen MR) is 74.9 cm³/mol. The van der Waals surface area contributed by atoms with Gasteiger partial charge in [-0.3, -0.25) is 0 Å². The van der Waals surface area contributed by atoms with E-state index in [0.29, 0.717) is 18.9 Å². The molecule has 0 fully saturated rings. The zero-order valence-corrected chi connectivity index (χ0v) is 12.3. The highest BCUT2D eigenvalue weighted by molar-refractivity contribution is 9.10. The van der Waals surface area contributed by atoms with Crippen molar-refractivity contribution < 1.29 is 9.47 Å². The van der Waals surface area contributed by atoms with Crippen LogP contribution in [0.25, 0.3) is 0 Å². The number of hydrogen-bond acceptors (Lipinski definition) is 5. The van der Waals surface area contributed by atoms with Gasteiger partial charge >= 0.3 is 0 Å². The minimum atomic E-state index is 0.573. The number of rotatable bonds is 6. The lowest BCUT2D eigenvalue weighted by molar-refractivity contribution is 0.307. The summed E-state index contributed by atoms with van der Waals surface area (Å²) >= 11 is 3.46. The molecular formula is C12H15BrN4O2. The number of methoxy groups -OCH3 is 1. The van der Waals surface area contributed by atoms with E-state index in [1.54, 1.807) is 24.4 Å². The van der Waals surface area contributed by atoms with Crippen LogP contribution in [0.4, 0.5) is 0 Å². The fourth-order valence-electron chi connectivity index (χ4n) is 1.67. The van der Waals surface area contributed by atoms with E-state index in [-0.39, 0.29) is 0 Å². The lowest BCUT2D eigenvalue weighted by Gasteiger charge is -2.15. The van der Waals surface area contributed by atoms with E-state index in [1.807, 2.05) is 19.1 Å². The molecule has 0 saturated carbocycles. The average molecular weight is 327 g/mol. The Hall–Kier alpha value is -1.76. The molecule has 0 bridgehead atoms. The van der Waals surface area contributed by atoms with Crippen molar-refractivity contribution in [1.29, 1.82) is 0 Å². The Morgan fingerprint density at radius 2 is 2.05 bits per heavy atom. The average Bonchev–Trinajstić information content (AvgIpc) is 2.91. The van der Waals surface area contributed by atoms with Crippen molar-refractivity contribution in [3.05, 3.63) is 34.8 Å². The highest BCUT2D eigenvalue weighted by atomic mass is 79.9. The second kappa shape index (κ2) is 6.42. The van der Waals surface area contributed by atoms with E-state index in [4.69, 9.17) is 9.47 Å². The Morgan fingerprint density at radius 3 is 2.68 bits per heavy atom. The van der Waals surface area contributed by atoms with Crippen LogP contribution in [-0.2, 0) is 6.54 Å². The Morgan fingerprint density at radius 1 is 1.32 bits per heavy atom. The number of halogens is 1. The number of nitrogens with one attached hydrogen (secondary N) is 1. The Balaban J connectivity index is 2.23. The Kier molecular flexibility index (Phi) is 4.62. The van der Waals surface area contributed by atoms with Gasteiger partial charge in [-0.1, -0.05) is 15.9 Å². The van der Waals surface area contributed by atoms with Crippen LogP contribution >= 0.6 is 15.9 Å². The highest BCUT2D eigenvalue weighted by Gasteiger charge is 2.12. The molecule has 1 aromatic heterocycles. The van der Waals surface area contributed by atoms with Gasteiger partial charge in [-0.25, -0.2) is 4.68 Å². The molecule has 0 aliphatic rings. The molecule has 7 heteroatoms. The zero-order chi connectivity index (χ0) is 13.7. The molecule has 0 spiro atoms. The topological polar surface area (TPSA) is 61.2 Å². The molecule has 0 saturated heterocycles. The van der Waals surface area contributed by atoms with Crippen LogP contribution in [0.1, 0.15) is 12.5 Å². The number of benzene rings is 1. The molecule has 0 radical (unpaired) electrons. The van der Waals surface area contributed by atoms with E-state index in [9.17, 15) is 0 Å². The van der Waals surface area contributed by atoms with Crippen LogP contribution in [0.3, 0.4) is 0 Å². The van der Waals surface area contributed by atoms with Crippen LogP contribution in [0.2, 0.25) is 0 Å². The van der Waals surface area contributed by atoms with Crippen LogP contribution < -0.4 is 14.9 Å². The molecule has 0 aliphatic heterocycles. The molecule has 6 nitrogen and oxygen atoms in total. The fraction of sp³-hybridized carbons (Fsp3) is 0.333. The molecule has 0 unspecified atom stereocenters. The SMILES string of the molecule is CCOc1c(CNn2cnnc2)cc(Br)cc1OC. The molecule has 2 aromatic rings. The molecule has 19 heavy (non-hydrogen) atoms. The van der Waals surface area contributed by atoms with Crippen molar-refractivity contribution >= 4 is 15.9 Å². The van der Waals surface area contributed by atoms with Gasteiger partial charge in [0.1, 0.15) is 12.7 Å². The van der Waals surface area contributed by atoms with Gasteiger partial charge in [0.05, 0.1) is 20.3 Å². The van der Waals surface area contributed by atoms with Crippen LogP contribution in [0.5, 0.6) is 11.5 Å². The third-order valence-electron chi connectivity index (χ3n) is 2.48. The van der Waals surface area contributed by atoms with Gasteiger partial charge in [-0.05, 0) is 19.1 Å². The lowest BCUT2D eigenvalue weighted by Crippen LogP contribution is -2.13. The summed E-state index contributed by atoms with van der Waals surface area (Å²) in [5, 5.41) is 7.46. The van der Waals surface area contributed by atoms with Crippen molar-refractivity contribution in [2.75, 3.05) is 19.1 Å². The van der Waals surface area contributed by atoms with Gasteiger partial charge in [0.2, 0.25) is 0 Å². The standard InChI is InChI=1S/C12H15BrN4O2/c1-3-19-12-9(4-10(13)5-11(12)18-2)6-16-17-7-14-15-8-17/h4-5,7-8,16H,3,6H2,1-2H3. The lowest BCUT2D eigenvalue weighted by atomic mass is 10.2. The normalized spacial score (nSPS) is 10.3. The number of ether oxygens (including phenoxy) is 2. The van der Waals surface area contributed by atoms with Gasteiger partial charge in [0, 0.05) is 10.0 Å². The zero-order valence-electron chi connectivity index (χ0n) is 10.8. The maximum Gasteiger partial charge on any atom is 0.166 e. The third-order valence-corrected chi connectivity index (χ3v) is 2.93. The first-order chi connectivity index (χ1) is 9.24. The quantitative estimate of drug-likeness (QED) is 0.881. The van der Waals surface area contributed by atoms with Crippen molar-refractivity contribution in [3.63, 3.8) is 0 Å². The number of aromatic nitrogens is 3. The highest BCUT2D eigenvalue weighted by Crippen LogP contribution is 2.34. The second-order valence-corrected chi connectivity index (χ2v) is 4.65. The molecular weight excluding hydrogens is 312 g/mol. The maximum atomic E-state index is 5.66. The molecule has 1 aromatic carbocycles. The molecule has 0 amide bonds. The summed E-state index contributed by atoms with van der Waals surface area (Å²) < 4.78 is 13.6. The van der Waals surface area contributed by atoms with Gasteiger partial charge in [0.25, 0.3) is 0 Å². The maximum absolute atomic E-state index is 5.66. The van der Waals surface area contributed by atoms with Gasteiger partial charge in [-0.2, -0.15) is 0 Å². The minimum absolute atomic E-state index is 0.573. The van der Waals surface area contributed by atoms with Crippen molar-refractivity contribution in [2.24, 2.45) is 0 Å². The third kappa shape index (κ3) is 3.37. The molecule has 0 aliphatic carbocycles. The molecule has 1 N–H and O–H groups in total. The summed E-state index contributed by atoms with van der Waals surface area (Å²) in [5.74, 6) is 1.45. The van der Waals surface area contributed by atoms with Gasteiger partial charge in [0.15, 0.2) is 11.5 Å². The number of hydrogen-bond donors (Lipinski definition) is 1. The van der Waals surface area contributed by atoms with E-state index < -0.39 is 0 Å². The molecule has 102 valence electrons. The van der Waals surface area contributed by atoms with Crippen LogP contribution in [-0.4, -0.2) is 28.6 Å². The Bertz CT molecular complexity index is 531. The van der Waals surface area contributed by atoms with Crippen molar-refractivity contribution in [3.8, 4) is 11.5 Å². The van der Waals surface area contributed by atoms with E-state index in [2.05, 4.69) is 31.6 Å². The van der Waals surface area contributed by atoms with Crippen LogP contribution in [0.15, 0.2) is 29.3 Å². The van der Waals surface area contributed by atoms with Gasteiger partial charge < -0.3 is 14.9 Å². The van der Waals surface area contributed by atoms with Gasteiger partial charge in [-0.15, -0.1) is 10.2 Å². The smallest absolute Gasteiger partial charge is 0.166 e. The summed E-state index contributed by atoms with van der Waals surface area (Å²) in [6.07, 6.45) is 3.19. The minimum Gasteiger partial charge on any atom is -0.493 e. The predicted octanol–water partition coefficient (Wildman–Crippen LogP) is 2.19. The fourth-order valence-corrected chi connectivity index (χ4v) is 2.16.